The fraction of sp³-hybridized carbons (Fsp3) is 0.636. The Morgan fingerprint density at radius 2 is 1.97 bits per heavy atom. The Bertz CT molecular complexity index is 933. The topological polar surface area (TPSA) is 105 Å². The van der Waals surface area contributed by atoms with E-state index in [1.165, 1.54) is 11.0 Å². The van der Waals surface area contributed by atoms with Gasteiger partial charge in [-0.1, -0.05) is 26.3 Å². The van der Waals surface area contributed by atoms with Crippen molar-refractivity contribution in [3.8, 4) is 5.75 Å². The van der Waals surface area contributed by atoms with Gasteiger partial charge in [-0.25, -0.2) is 22.3 Å². The Labute approximate surface area is 188 Å². The van der Waals surface area contributed by atoms with Crippen LogP contribution in [-0.2, 0) is 14.8 Å². The molecular formula is C22H32FN3O5S. The van der Waals surface area contributed by atoms with Crippen LogP contribution in [0.3, 0.4) is 0 Å². The van der Waals surface area contributed by atoms with Crippen LogP contribution in [0.2, 0.25) is 0 Å². The number of hydrogen-bond acceptors (Lipinski definition) is 5. The standard InChI is InChI=1S/C22H32FN3O5S/c1-15(2)21(17-8-9-18(23)19(12-17)31-14-16-6-7-16)25-32(29,30)11-5-3-4-10-26-13-20(27)24-22(26)28/h8-9,12,15-16,21,25H,3-7,10-11,13-14H2,1-2H3,(H,24,27,28)/t21-/m1/s1. The number of imide groups is 1. The second kappa shape index (κ2) is 10.6. The highest BCUT2D eigenvalue weighted by molar-refractivity contribution is 7.89. The van der Waals surface area contributed by atoms with E-state index in [9.17, 15) is 22.4 Å². The first kappa shape index (κ1) is 24.4. The molecule has 1 aliphatic heterocycles. The van der Waals surface area contributed by atoms with Gasteiger partial charge in [-0.2, -0.15) is 0 Å². The van der Waals surface area contributed by atoms with Gasteiger partial charge in [0.25, 0.3) is 0 Å². The molecule has 1 aromatic carbocycles. The zero-order chi connectivity index (χ0) is 23.3. The van der Waals surface area contributed by atoms with Crippen molar-refractivity contribution < 1.29 is 27.1 Å². The highest BCUT2D eigenvalue weighted by atomic mass is 32.2. The van der Waals surface area contributed by atoms with Gasteiger partial charge in [0.05, 0.1) is 12.4 Å². The lowest BCUT2D eigenvalue weighted by Crippen LogP contribution is -2.33. The van der Waals surface area contributed by atoms with Crippen molar-refractivity contribution in [3.05, 3.63) is 29.6 Å². The van der Waals surface area contributed by atoms with Gasteiger partial charge in [-0.3, -0.25) is 10.1 Å². The van der Waals surface area contributed by atoms with Crippen LogP contribution >= 0.6 is 0 Å². The third-order valence-corrected chi connectivity index (χ3v) is 7.11. The van der Waals surface area contributed by atoms with E-state index < -0.39 is 27.9 Å². The predicted molar refractivity (Wildman–Crippen MR) is 118 cm³/mol. The van der Waals surface area contributed by atoms with Crippen molar-refractivity contribution in [1.82, 2.24) is 14.9 Å². The molecule has 3 rings (SSSR count). The zero-order valence-corrected chi connectivity index (χ0v) is 19.4. The minimum absolute atomic E-state index is 0.0438. The lowest BCUT2D eigenvalue weighted by atomic mass is 9.97. The summed E-state index contributed by atoms with van der Waals surface area (Å²) < 4.78 is 47.8. The molecule has 0 spiro atoms. The number of benzene rings is 1. The van der Waals surface area contributed by atoms with Crippen LogP contribution < -0.4 is 14.8 Å². The minimum Gasteiger partial charge on any atom is -0.490 e. The number of halogens is 1. The number of hydrogen-bond donors (Lipinski definition) is 2. The summed E-state index contributed by atoms with van der Waals surface area (Å²) in [5.74, 6) is -0.219. The molecule has 2 fully saturated rings. The Balaban J connectivity index is 1.51. The average molecular weight is 470 g/mol. The van der Waals surface area contributed by atoms with E-state index in [1.54, 1.807) is 12.1 Å². The molecule has 0 radical (unpaired) electrons. The van der Waals surface area contributed by atoms with Crippen LogP contribution in [0.25, 0.3) is 0 Å². The number of amides is 3. The van der Waals surface area contributed by atoms with Crippen LogP contribution in [0.15, 0.2) is 18.2 Å². The number of rotatable bonds is 13. The molecule has 2 N–H and O–H groups in total. The van der Waals surface area contributed by atoms with Crippen molar-refractivity contribution in [2.45, 2.75) is 52.0 Å². The zero-order valence-electron chi connectivity index (χ0n) is 18.6. The number of nitrogens with zero attached hydrogens (tertiary/aromatic N) is 1. The van der Waals surface area contributed by atoms with E-state index in [1.807, 2.05) is 13.8 Å². The number of carbonyl (C=O) groups excluding carboxylic acids is 2. The largest absolute Gasteiger partial charge is 0.490 e. The molecule has 8 nitrogen and oxygen atoms in total. The maximum Gasteiger partial charge on any atom is 0.324 e. The quantitative estimate of drug-likeness (QED) is 0.341. The van der Waals surface area contributed by atoms with E-state index >= 15 is 0 Å². The van der Waals surface area contributed by atoms with Crippen molar-refractivity contribution >= 4 is 22.0 Å². The van der Waals surface area contributed by atoms with Gasteiger partial charge in [-0.05, 0) is 55.2 Å². The van der Waals surface area contributed by atoms with Gasteiger partial charge in [0.15, 0.2) is 11.6 Å². The van der Waals surface area contributed by atoms with Crippen molar-refractivity contribution in [2.24, 2.45) is 11.8 Å². The van der Waals surface area contributed by atoms with Crippen molar-refractivity contribution in [1.29, 1.82) is 0 Å². The van der Waals surface area contributed by atoms with Crippen LogP contribution in [0.5, 0.6) is 5.75 Å². The Kier molecular flexibility index (Phi) is 8.10. The summed E-state index contributed by atoms with van der Waals surface area (Å²) in [4.78, 5) is 24.1. The highest BCUT2D eigenvalue weighted by Gasteiger charge is 2.27. The molecule has 1 aliphatic carbocycles. The Morgan fingerprint density at radius 3 is 2.59 bits per heavy atom. The van der Waals surface area contributed by atoms with E-state index in [-0.39, 0.29) is 29.9 Å². The molecule has 0 unspecified atom stereocenters. The number of nitrogens with one attached hydrogen (secondary N) is 2. The van der Waals surface area contributed by atoms with E-state index in [4.69, 9.17) is 4.74 Å². The number of ether oxygens (including phenoxy) is 1. The van der Waals surface area contributed by atoms with Crippen LogP contribution in [0, 0.1) is 17.7 Å². The van der Waals surface area contributed by atoms with E-state index in [0.29, 0.717) is 43.9 Å². The molecule has 3 amide bonds. The van der Waals surface area contributed by atoms with Crippen molar-refractivity contribution in [3.63, 3.8) is 0 Å². The normalized spacial score (nSPS) is 17.7. The van der Waals surface area contributed by atoms with E-state index in [0.717, 1.165) is 12.8 Å². The summed E-state index contributed by atoms with van der Waals surface area (Å²) in [7, 11) is -3.56. The molecule has 0 aromatic heterocycles. The third kappa shape index (κ3) is 7.16. The first-order chi connectivity index (χ1) is 15.1. The summed E-state index contributed by atoms with van der Waals surface area (Å²) in [6.07, 6.45) is 3.85. The van der Waals surface area contributed by atoms with Crippen LogP contribution in [-0.4, -0.2) is 50.7 Å². The number of sulfonamides is 1. The molecular weight excluding hydrogens is 437 g/mol. The molecule has 1 atom stereocenters. The second-order valence-electron chi connectivity index (χ2n) is 8.94. The first-order valence-corrected chi connectivity index (χ1v) is 12.8. The lowest BCUT2D eigenvalue weighted by Gasteiger charge is -2.23. The summed E-state index contributed by atoms with van der Waals surface area (Å²) in [6.45, 7) is 4.76. The molecule has 178 valence electrons. The molecule has 1 aromatic rings. The number of unbranched alkanes of at least 4 members (excludes halogenated alkanes) is 2. The maximum atomic E-state index is 14.1. The maximum absolute atomic E-state index is 14.1. The molecule has 0 bridgehead atoms. The molecule has 1 saturated carbocycles. The smallest absolute Gasteiger partial charge is 0.324 e. The van der Waals surface area contributed by atoms with Crippen LogP contribution in [0.1, 0.15) is 57.6 Å². The summed E-state index contributed by atoms with van der Waals surface area (Å²) in [5, 5.41) is 2.21. The van der Waals surface area contributed by atoms with Crippen LogP contribution in [0.4, 0.5) is 9.18 Å². The predicted octanol–water partition coefficient (Wildman–Crippen LogP) is 2.95. The average Bonchev–Trinajstić information content (AvgIpc) is 3.49. The third-order valence-electron chi connectivity index (χ3n) is 5.67. The summed E-state index contributed by atoms with van der Waals surface area (Å²) >= 11 is 0. The van der Waals surface area contributed by atoms with E-state index in [2.05, 4.69) is 10.0 Å². The van der Waals surface area contributed by atoms with Gasteiger partial charge < -0.3 is 9.64 Å². The molecule has 1 saturated heterocycles. The minimum atomic E-state index is -3.56. The SMILES string of the molecule is CC(C)[C@@H](NS(=O)(=O)CCCCCN1CC(=O)NC1=O)c1ccc(F)c(OCC2CC2)c1. The first-order valence-electron chi connectivity index (χ1n) is 11.2. The van der Waals surface area contributed by atoms with Gasteiger partial charge in [-0.15, -0.1) is 0 Å². The summed E-state index contributed by atoms with van der Waals surface area (Å²) in [6, 6.07) is 3.61. The second-order valence-corrected chi connectivity index (χ2v) is 10.8. The highest BCUT2D eigenvalue weighted by Crippen LogP contribution is 2.32. The molecule has 10 heteroatoms. The number of carbonyl (C=O) groups is 2. The summed E-state index contributed by atoms with van der Waals surface area (Å²) in [5.41, 5.74) is 0.667. The molecule has 32 heavy (non-hydrogen) atoms. The molecule has 1 heterocycles. The lowest BCUT2D eigenvalue weighted by molar-refractivity contribution is -0.118. The monoisotopic (exact) mass is 469 g/mol. The van der Waals surface area contributed by atoms with Gasteiger partial charge >= 0.3 is 6.03 Å². The Hall–Kier alpha value is -2.20. The van der Waals surface area contributed by atoms with Gasteiger partial charge in [0.1, 0.15) is 6.54 Å². The molecule has 2 aliphatic rings. The number of urea groups is 1. The van der Waals surface area contributed by atoms with Gasteiger partial charge in [0.2, 0.25) is 15.9 Å². The van der Waals surface area contributed by atoms with Gasteiger partial charge in [0, 0.05) is 12.6 Å². The fourth-order valence-corrected chi connectivity index (χ4v) is 5.09. The van der Waals surface area contributed by atoms with Crippen molar-refractivity contribution in [2.75, 3.05) is 25.4 Å². The fourth-order valence-electron chi connectivity index (χ4n) is 3.59. The Morgan fingerprint density at radius 1 is 1.22 bits per heavy atom.